The van der Waals surface area contributed by atoms with Crippen molar-refractivity contribution in [3.63, 3.8) is 0 Å². The van der Waals surface area contributed by atoms with E-state index in [1.165, 1.54) is 17.6 Å². The van der Waals surface area contributed by atoms with E-state index in [2.05, 4.69) is 26.8 Å². The molecule has 2 N–H and O–H groups in total. The molecule has 4 atom stereocenters. The molecule has 0 saturated carbocycles. The molecule has 31 heavy (non-hydrogen) atoms. The maximum atomic E-state index is 15.4. The summed E-state index contributed by atoms with van der Waals surface area (Å²) in [5, 5.41) is 11.2. The third-order valence-electron chi connectivity index (χ3n) is 5.98. The molecule has 0 radical (unpaired) electrons. The number of halogens is 1. The second-order valence-electron chi connectivity index (χ2n) is 8.02. The van der Waals surface area contributed by atoms with Gasteiger partial charge in [-0.1, -0.05) is 11.1 Å². The van der Waals surface area contributed by atoms with Crippen molar-refractivity contribution in [2.24, 2.45) is 5.41 Å². The third kappa shape index (κ3) is 3.49. The van der Waals surface area contributed by atoms with E-state index >= 15 is 4.39 Å². The summed E-state index contributed by atoms with van der Waals surface area (Å²) in [6, 6.07) is 2.54. The van der Waals surface area contributed by atoms with Crippen molar-refractivity contribution in [1.82, 2.24) is 20.2 Å². The number of nitrogens with one attached hydrogen (secondary N) is 2. The van der Waals surface area contributed by atoms with Crippen LogP contribution in [0.25, 0.3) is 11.3 Å². The number of hydrogen-bond donors (Lipinski definition) is 2. The standard InChI is InChI=1S/C21H24FN5O3S/c1-11-8-27-18-15(5-14(6-16(18)22)17-9-31-26-25-17)7-21(10-28,19(27)12(2)30-11)20(29)24-13(3)23-4/h5-6,9-12,19,23H,3,7-8H2,1-2,4H3,(H,24,29)/t11?,12-,19+,21?/m1/s1. The number of morpholine rings is 1. The van der Waals surface area contributed by atoms with Gasteiger partial charge in [-0.05, 0) is 49.5 Å². The predicted molar refractivity (Wildman–Crippen MR) is 115 cm³/mol. The SMILES string of the molecule is C=C(NC)NC(=O)C1(C=O)Cc2cc(-c3csnn3)cc(F)c2N2CC(C)O[C@H](C)[C@H]21. The number of carbonyl (C=O) groups excluding carboxylic acids is 2. The molecule has 2 aliphatic rings. The summed E-state index contributed by atoms with van der Waals surface area (Å²) in [5.41, 5.74) is 0.576. The van der Waals surface area contributed by atoms with Crippen molar-refractivity contribution in [2.75, 3.05) is 18.5 Å². The Bertz CT molecular complexity index is 1030. The number of rotatable bonds is 5. The Hall–Kier alpha value is -2.85. The van der Waals surface area contributed by atoms with Crippen LogP contribution in [-0.4, -0.2) is 53.6 Å². The zero-order chi connectivity index (χ0) is 22.3. The van der Waals surface area contributed by atoms with Gasteiger partial charge in [0.1, 0.15) is 23.2 Å². The number of benzene rings is 1. The van der Waals surface area contributed by atoms with E-state index in [-0.39, 0.29) is 18.3 Å². The van der Waals surface area contributed by atoms with Gasteiger partial charge in [0.2, 0.25) is 5.91 Å². The van der Waals surface area contributed by atoms with Crippen LogP contribution in [0.4, 0.5) is 10.1 Å². The molecule has 4 rings (SSSR count). The second-order valence-corrected chi connectivity index (χ2v) is 8.63. The van der Waals surface area contributed by atoms with E-state index in [1.807, 2.05) is 18.7 Å². The fourth-order valence-corrected chi connectivity index (χ4v) is 5.19. The van der Waals surface area contributed by atoms with Crippen molar-refractivity contribution in [3.05, 3.63) is 41.3 Å². The molecule has 1 saturated heterocycles. The summed E-state index contributed by atoms with van der Waals surface area (Å²) in [6.07, 6.45) is 0.0212. The van der Waals surface area contributed by atoms with Crippen LogP contribution in [0.2, 0.25) is 0 Å². The number of anilines is 1. The first-order valence-corrected chi connectivity index (χ1v) is 10.8. The van der Waals surface area contributed by atoms with Gasteiger partial charge in [-0.15, -0.1) is 5.10 Å². The Labute approximate surface area is 183 Å². The number of aldehydes is 1. The van der Waals surface area contributed by atoms with Gasteiger partial charge in [0.15, 0.2) is 0 Å². The lowest BCUT2D eigenvalue weighted by molar-refractivity contribution is -0.144. The average molecular weight is 446 g/mol. The van der Waals surface area contributed by atoms with Crippen LogP contribution in [0.3, 0.4) is 0 Å². The summed E-state index contributed by atoms with van der Waals surface area (Å²) < 4.78 is 25.3. The molecule has 0 bridgehead atoms. The highest BCUT2D eigenvalue weighted by molar-refractivity contribution is 7.03. The molecule has 164 valence electrons. The van der Waals surface area contributed by atoms with Crippen LogP contribution in [0, 0.1) is 11.2 Å². The summed E-state index contributed by atoms with van der Waals surface area (Å²) >= 11 is 1.17. The highest BCUT2D eigenvalue weighted by Crippen LogP contribution is 2.47. The molecule has 0 spiro atoms. The number of carbonyl (C=O) groups is 2. The molecule has 1 amide bonds. The first-order valence-electron chi connectivity index (χ1n) is 9.97. The summed E-state index contributed by atoms with van der Waals surface area (Å²) in [5.74, 6) is -0.658. The topological polar surface area (TPSA) is 96.5 Å². The number of fused-ring (bicyclic) bond motifs is 3. The quantitative estimate of drug-likeness (QED) is 0.536. The van der Waals surface area contributed by atoms with Gasteiger partial charge in [-0.3, -0.25) is 4.79 Å². The van der Waals surface area contributed by atoms with Gasteiger partial charge in [-0.25, -0.2) is 4.39 Å². The van der Waals surface area contributed by atoms with Gasteiger partial charge in [-0.2, -0.15) is 0 Å². The third-order valence-corrected chi connectivity index (χ3v) is 6.48. The number of aromatic nitrogens is 2. The van der Waals surface area contributed by atoms with Crippen LogP contribution in [0.15, 0.2) is 29.9 Å². The summed E-state index contributed by atoms with van der Waals surface area (Å²) in [7, 11) is 1.62. The number of nitrogens with zero attached hydrogens (tertiary/aromatic N) is 3. The van der Waals surface area contributed by atoms with Crippen LogP contribution in [-0.2, 0) is 20.7 Å². The maximum absolute atomic E-state index is 15.4. The zero-order valence-electron chi connectivity index (χ0n) is 17.5. The van der Waals surface area contributed by atoms with Crippen molar-refractivity contribution < 1.29 is 18.7 Å². The van der Waals surface area contributed by atoms with Gasteiger partial charge in [0.25, 0.3) is 0 Å². The zero-order valence-corrected chi connectivity index (χ0v) is 18.3. The monoisotopic (exact) mass is 445 g/mol. The Kier molecular flexibility index (Phi) is 5.52. The van der Waals surface area contributed by atoms with Crippen molar-refractivity contribution in [2.45, 2.75) is 38.5 Å². The molecule has 1 aromatic heterocycles. The number of ether oxygens (including phenoxy) is 1. The molecule has 0 aliphatic carbocycles. The van der Waals surface area contributed by atoms with Crippen LogP contribution < -0.4 is 15.5 Å². The lowest BCUT2D eigenvalue weighted by Gasteiger charge is -2.54. The summed E-state index contributed by atoms with van der Waals surface area (Å²) in [6.45, 7) is 7.79. The van der Waals surface area contributed by atoms with Crippen LogP contribution >= 0.6 is 11.5 Å². The molecule has 2 aliphatic heterocycles. The van der Waals surface area contributed by atoms with E-state index in [1.54, 1.807) is 18.5 Å². The molecule has 3 heterocycles. The highest BCUT2D eigenvalue weighted by atomic mass is 32.1. The van der Waals surface area contributed by atoms with Crippen LogP contribution in [0.5, 0.6) is 0 Å². The summed E-state index contributed by atoms with van der Waals surface area (Å²) in [4.78, 5) is 27.8. The minimum absolute atomic E-state index is 0.0280. The van der Waals surface area contributed by atoms with Gasteiger partial charge < -0.3 is 25.1 Å². The van der Waals surface area contributed by atoms with Crippen molar-refractivity contribution in [3.8, 4) is 11.3 Å². The van der Waals surface area contributed by atoms with E-state index < -0.39 is 29.3 Å². The van der Waals surface area contributed by atoms with Gasteiger partial charge in [0.05, 0.1) is 29.8 Å². The molecule has 8 nitrogen and oxygen atoms in total. The molecule has 2 aromatic rings. The lowest BCUT2D eigenvalue weighted by atomic mass is 9.68. The Balaban J connectivity index is 1.89. The lowest BCUT2D eigenvalue weighted by Crippen LogP contribution is -2.68. The maximum Gasteiger partial charge on any atom is 0.241 e. The molecular weight excluding hydrogens is 421 g/mol. The van der Waals surface area contributed by atoms with E-state index in [4.69, 9.17) is 4.74 Å². The minimum Gasteiger partial charge on any atom is -0.375 e. The first kappa shape index (κ1) is 21.4. The fraction of sp³-hybridized carbons (Fsp3) is 0.429. The first-order chi connectivity index (χ1) is 14.8. The van der Waals surface area contributed by atoms with Crippen molar-refractivity contribution >= 4 is 29.4 Å². The Morgan fingerprint density at radius 1 is 1.45 bits per heavy atom. The largest absolute Gasteiger partial charge is 0.375 e. The van der Waals surface area contributed by atoms with E-state index in [9.17, 15) is 9.59 Å². The second kappa shape index (κ2) is 8.01. The number of amides is 1. The van der Waals surface area contributed by atoms with E-state index in [0.29, 0.717) is 35.3 Å². The van der Waals surface area contributed by atoms with Crippen molar-refractivity contribution in [1.29, 1.82) is 0 Å². The normalized spacial score (nSPS) is 27.1. The molecule has 2 unspecified atom stereocenters. The smallest absolute Gasteiger partial charge is 0.241 e. The molecular formula is C21H24FN5O3S. The molecule has 1 fully saturated rings. The van der Waals surface area contributed by atoms with Gasteiger partial charge >= 0.3 is 0 Å². The Morgan fingerprint density at radius 3 is 2.87 bits per heavy atom. The Morgan fingerprint density at radius 2 is 2.23 bits per heavy atom. The number of hydrogen-bond acceptors (Lipinski definition) is 8. The molecule has 10 heteroatoms. The van der Waals surface area contributed by atoms with Crippen LogP contribution in [0.1, 0.15) is 19.4 Å². The highest BCUT2D eigenvalue weighted by Gasteiger charge is 2.57. The molecule has 1 aromatic carbocycles. The predicted octanol–water partition coefficient (Wildman–Crippen LogP) is 1.87. The average Bonchev–Trinajstić information content (AvgIpc) is 3.26. The van der Waals surface area contributed by atoms with Gasteiger partial charge in [0, 0.05) is 24.5 Å². The minimum atomic E-state index is -1.49. The fourth-order valence-electron chi connectivity index (χ4n) is 4.72. The van der Waals surface area contributed by atoms with E-state index in [0.717, 1.165) is 0 Å².